The van der Waals surface area contributed by atoms with Gasteiger partial charge in [0.1, 0.15) is 5.75 Å². The van der Waals surface area contributed by atoms with Crippen molar-refractivity contribution in [3.63, 3.8) is 0 Å². The molecule has 8 heteroatoms. The van der Waals surface area contributed by atoms with Crippen molar-refractivity contribution in [2.45, 2.75) is 12.9 Å². The third-order valence-electron chi connectivity index (χ3n) is 1.56. The molecule has 0 saturated heterocycles. The van der Waals surface area contributed by atoms with Crippen LogP contribution in [-0.2, 0) is 17.8 Å². The molecule has 0 aromatic heterocycles. The number of benzene rings is 1. The first-order chi connectivity index (χ1) is 7.37. The molecule has 0 amide bonds. The van der Waals surface area contributed by atoms with Gasteiger partial charge in [-0.2, -0.15) is 0 Å². The molecule has 0 spiro atoms. The predicted octanol–water partition coefficient (Wildman–Crippen LogP) is 1.81. The molecular formula is C8H8F3NO3S. The maximum absolute atomic E-state index is 11.8. The summed E-state index contributed by atoms with van der Waals surface area (Å²) >= 11 is -2.15. The highest BCUT2D eigenvalue weighted by atomic mass is 32.2. The topological polar surface area (TPSA) is 58.6 Å². The summed E-state index contributed by atoms with van der Waals surface area (Å²) in [5.41, 5.74) is 0.567. The Morgan fingerprint density at radius 1 is 1.31 bits per heavy atom. The zero-order chi connectivity index (χ0) is 12.2. The Hall–Kier alpha value is -1.12. The molecule has 0 radical (unpaired) electrons. The van der Waals surface area contributed by atoms with E-state index in [1.54, 1.807) is 0 Å². The van der Waals surface area contributed by atoms with Crippen LogP contribution in [-0.4, -0.2) is 15.1 Å². The highest BCUT2D eigenvalue weighted by molar-refractivity contribution is 7.77. The molecule has 1 unspecified atom stereocenters. The van der Waals surface area contributed by atoms with Crippen molar-refractivity contribution in [3.05, 3.63) is 29.8 Å². The molecule has 0 aliphatic carbocycles. The molecule has 0 aliphatic heterocycles. The van der Waals surface area contributed by atoms with E-state index in [4.69, 9.17) is 4.55 Å². The number of alkyl halides is 3. The third-order valence-corrected chi connectivity index (χ3v) is 1.95. The van der Waals surface area contributed by atoms with Crippen molar-refractivity contribution in [2.24, 2.45) is 0 Å². The lowest BCUT2D eigenvalue weighted by Crippen LogP contribution is -2.17. The lowest BCUT2D eigenvalue weighted by atomic mass is 10.2. The Morgan fingerprint density at radius 3 is 2.31 bits per heavy atom. The van der Waals surface area contributed by atoms with Crippen molar-refractivity contribution >= 4 is 11.3 Å². The third kappa shape index (κ3) is 5.10. The Bertz CT molecular complexity index is 366. The maximum Gasteiger partial charge on any atom is 0.573 e. The van der Waals surface area contributed by atoms with Gasteiger partial charge in [0, 0.05) is 6.54 Å². The van der Waals surface area contributed by atoms with Crippen LogP contribution in [0.15, 0.2) is 24.3 Å². The van der Waals surface area contributed by atoms with Gasteiger partial charge in [0.25, 0.3) is 0 Å². The van der Waals surface area contributed by atoms with Gasteiger partial charge in [-0.15, -0.1) is 13.2 Å². The lowest BCUT2D eigenvalue weighted by molar-refractivity contribution is -0.274. The fraction of sp³-hybridized carbons (Fsp3) is 0.250. The van der Waals surface area contributed by atoms with Crippen LogP contribution in [0.1, 0.15) is 5.56 Å². The molecule has 1 rings (SSSR count). The normalized spacial score (nSPS) is 13.5. The smallest absolute Gasteiger partial charge is 0.406 e. The van der Waals surface area contributed by atoms with Crippen LogP contribution in [0.25, 0.3) is 0 Å². The minimum absolute atomic E-state index is 0.0788. The van der Waals surface area contributed by atoms with Crippen molar-refractivity contribution in [2.75, 3.05) is 0 Å². The van der Waals surface area contributed by atoms with Crippen LogP contribution in [0.5, 0.6) is 5.75 Å². The molecule has 1 aromatic rings. The Labute approximate surface area is 91.8 Å². The number of hydrogen-bond donors (Lipinski definition) is 2. The van der Waals surface area contributed by atoms with Crippen LogP contribution in [0, 0.1) is 0 Å². The second kappa shape index (κ2) is 5.28. The standard InChI is InChI=1S/C8H8F3NO3S/c9-8(10,11)15-7-3-1-6(2-4-7)5-12-16(13)14/h1-4,12H,5H2,(H,13,14). The van der Waals surface area contributed by atoms with Crippen molar-refractivity contribution in [1.29, 1.82) is 0 Å². The van der Waals surface area contributed by atoms with E-state index >= 15 is 0 Å². The molecule has 1 aromatic carbocycles. The van der Waals surface area contributed by atoms with Crippen molar-refractivity contribution in [3.8, 4) is 5.75 Å². The van der Waals surface area contributed by atoms with Crippen LogP contribution >= 0.6 is 0 Å². The minimum atomic E-state index is -4.72. The van der Waals surface area contributed by atoms with Gasteiger partial charge in [0.05, 0.1) is 0 Å². The summed E-state index contributed by atoms with van der Waals surface area (Å²) in [6.07, 6.45) is -4.72. The van der Waals surface area contributed by atoms with E-state index in [9.17, 15) is 17.4 Å². The van der Waals surface area contributed by atoms with E-state index in [1.165, 1.54) is 12.1 Å². The van der Waals surface area contributed by atoms with Gasteiger partial charge in [-0.1, -0.05) is 12.1 Å². The number of ether oxygens (including phenoxy) is 1. The van der Waals surface area contributed by atoms with Crippen LogP contribution in [0.4, 0.5) is 13.2 Å². The summed E-state index contributed by atoms with van der Waals surface area (Å²) in [5.74, 6) is -0.332. The fourth-order valence-electron chi connectivity index (χ4n) is 0.954. The second-order valence-electron chi connectivity index (χ2n) is 2.76. The number of hydrogen-bond acceptors (Lipinski definition) is 2. The monoisotopic (exact) mass is 255 g/mol. The SMILES string of the molecule is O=S(O)NCc1ccc(OC(F)(F)F)cc1. The first kappa shape index (κ1) is 12.9. The first-order valence-corrected chi connectivity index (χ1v) is 5.16. The zero-order valence-electron chi connectivity index (χ0n) is 7.82. The van der Waals surface area contributed by atoms with E-state index in [1.807, 2.05) is 0 Å². The highest BCUT2D eigenvalue weighted by Gasteiger charge is 2.30. The lowest BCUT2D eigenvalue weighted by Gasteiger charge is -2.09. The predicted molar refractivity (Wildman–Crippen MR) is 50.7 cm³/mol. The summed E-state index contributed by atoms with van der Waals surface area (Å²) in [5, 5.41) is 0. The molecule has 0 bridgehead atoms. The molecule has 1 atom stereocenters. The molecule has 0 saturated carbocycles. The quantitative estimate of drug-likeness (QED) is 0.807. The average Bonchev–Trinajstić information content (AvgIpc) is 2.14. The van der Waals surface area contributed by atoms with E-state index < -0.39 is 17.6 Å². The maximum atomic E-state index is 11.8. The molecule has 0 aliphatic rings. The Balaban J connectivity index is 2.57. The van der Waals surface area contributed by atoms with E-state index in [0.29, 0.717) is 5.56 Å². The first-order valence-electron chi connectivity index (χ1n) is 4.06. The minimum Gasteiger partial charge on any atom is -0.406 e. The zero-order valence-corrected chi connectivity index (χ0v) is 8.64. The van der Waals surface area contributed by atoms with Gasteiger partial charge in [0.15, 0.2) is 0 Å². The Kier molecular flexibility index (Phi) is 4.27. The summed E-state index contributed by atoms with van der Waals surface area (Å²) in [6, 6.07) is 4.98. The van der Waals surface area contributed by atoms with Crippen LogP contribution < -0.4 is 9.46 Å². The Morgan fingerprint density at radius 2 is 1.88 bits per heavy atom. The molecule has 0 heterocycles. The molecule has 16 heavy (non-hydrogen) atoms. The largest absolute Gasteiger partial charge is 0.573 e. The number of halogens is 3. The van der Waals surface area contributed by atoms with Crippen LogP contribution in [0.2, 0.25) is 0 Å². The molecule has 2 N–H and O–H groups in total. The van der Waals surface area contributed by atoms with E-state index in [-0.39, 0.29) is 12.3 Å². The summed E-state index contributed by atoms with van der Waals surface area (Å²) in [6.45, 7) is 0.0788. The fourth-order valence-corrected chi connectivity index (χ4v) is 1.24. The average molecular weight is 255 g/mol. The van der Waals surface area contributed by atoms with Gasteiger partial charge < -0.3 is 4.74 Å². The second-order valence-corrected chi connectivity index (χ2v) is 3.55. The molecule has 4 nitrogen and oxygen atoms in total. The van der Waals surface area contributed by atoms with E-state index in [0.717, 1.165) is 12.1 Å². The van der Waals surface area contributed by atoms with Crippen molar-refractivity contribution < 1.29 is 26.7 Å². The summed E-state index contributed by atoms with van der Waals surface area (Å²) in [7, 11) is 0. The number of nitrogens with one attached hydrogen (secondary N) is 1. The van der Waals surface area contributed by atoms with E-state index in [2.05, 4.69) is 9.46 Å². The van der Waals surface area contributed by atoms with Gasteiger partial charge in [-0.3, -0.25) is 4.55 Å². The molecule has 0 fully saturated rings. The highest BCUT2D eigenvalue weighted by Crippen LogP contribution is 2.22. The van der Waals surface area contributed by atoms with Crippen molar-refractivity contribution in [1.82, 2.24) is 4.72 Å². The van der Waals surface area contributed by atoms with Gasteiger partial charge in [0.2, 0.25) is 11.3 Å². The molecule has 90 valence electrons. The van der Waals surface area contributed by atoms with Crippen LogP contribution in [0.3, 0.4) is 0 Å². The summed E-state index contributed by atoms with van der Waals surface area (Å²) in [4.78, 5) is 0. The van der Waals surface area contributed by atoms with Gasteiger partial charge >= 0.3 is 6.36 Å². The number of rotatable bonds is 4. The van der Waals surface area contributed by atoms with Gasteiger partial charge in [-0.05, 0) is 17.7 Å². The summed E-state index contributed by atoms with van der Waals surface area (Å²) < 4.78 is 59.9. The van der Waals surface area contributed by atoms with Gasteiger partial charge in [-0.25, -0.2) is 8.93 Å². The molecular weight excluding hydrogens is 247 g/mol.